The number of para-hydroxylation sites is 1. The Morgan fingerprint density at radius 1 is 1.23 bits per heavy atom. The van der Waals surface area contributed by atoms with Gasteiger partial charge in [-0.1, -0.05) is 41.1 Å². The number of aromatic nitrogens is 1. The topological polar surface area (TPSA) is 54.9 Å². The van der Waals surface area contributed by atoms with Crippen LogP contribution in [0.3, 0.4) is 0 Å². The van der Waals surface area contributed by atoms with Crippen LogP contribution in [0.15, 0.2) is 36.4 Å². The number of hydrogen-bond donors (Lipinski definition) is 0. The number of aryl methyl sites for hydroxylation is 2. The Balaban J connectivity index is 1.55. The molecule has 1 aliphatic heterocycles. The molecule has 1 aromatic heterocycles. The Labute approximate surface area is 191 Å². The van der Waals surface area contributed by atoms with E-state index in [2.05, 4.69) is 4.90 Å². The molecular formula is C23H26ClN3O3S. The molecule has 0 aliphatic carbocycles. The van der Waals surface area contributed by atoms with Crippen LogP contribution in [0.2, 0.25) is 5.02 Å². The summed E-state index contributed by atoms with van der Waals surface area (Å²) in [5.41, 5.74) is 2.77. The van der Waals surface area contributed by atoms with Crippen molar-refractivity contribution in [1.29, 1.82) is 0 Å². The van der Waals surface area contributed by atoms with Gasteiger partial charge in [0.1, 0.15) is 5.75 Å². The van der Waals surface area contributed by atoms with E-state index in [1.165, 1.54) is 11.3 Å². The van der Waals surface area contributed by atoms with E-state index >= 15 is 0 Å². The number of hydrogen-bond acceptors (Lipinski definition) is 6. The SMILES string of the molecule is Cc1ccccc1OCC(=O)N(CCN1CCOCC1)c1nc2c(C)c(Cl)ccc2s1. The van der Waals surface area contributed by atoms with Gasteiger partial charge >= 0.3 is 0 Å². The first-order valence-electron chi connectivity index (χ1n) is 10.4. The van der Waals surface area contributed by atoms with Crippen molar-refractivity contribution < 1.29 is 14.3 Å². The van der Waals surface area contributed by atoms with Crippen LogP contribution in [-0.2, 0) is 9.53 Å². The average molecular weight is 460 g/mol. The van der Waals surface area contributed by atoms with Crippen LogP contribution in [0.1, 0.15) is 11.1 Å². The number of carbonyl (C=O) groups excluding carboxylic acids is 1. The first-order valence-corrected chi connectivity index (χ1v) is 11.6. The van der Waals surface area contributed by atoms with Gasteiger partial charge in [0.2, 0.25) is 0 Å². The number of morpholine rings is 1. The Hall–Kier alpha value is -2.19. The van der Waals surface area contributed by atoms with Gasteiger partial charge in [-0.3, -0.25) is 14.6 Å². The lowest BCUT2D eigenvalue weighted by molar-refractivity contribution is -0.120. The molecule has 164 valence electrons. The molecule has 0 spiro atoms. The number of ether oxygens (including phenoxy) is 2. The Kier molecular flexibility index (Phi) is 7.07. The molecule has 0 saturated carbocycles. The van der Waals surface area contributed by atoms with Gasteiger partial charge in [0.15, 0.2) is 11.7 Å². The standard InChI is InChI=1S/C23H26ClN3O3S/c1-16-5-3-4-6-19(16)30-15-21(28)27(10-9-26-11-13-29-14-12-26)23-25-22-17(2)18(24)7-8-20(22)31-23/h3-8H,9-15H2,1-2H3. The maximum absolute atomic E-state index is 13.2. The Bertz CT molecular complexity index is 1070. The van der Waals surface area contributed by atoms with Crippen LogP contribution in [0.5, 0.6) is 5.75 Å². The zero-order valence-electron chi connectivity index (χ0n) is 17.8. The van der Waals surface area contributed by atoms with E-state index in [0.717, 1.165) is 59.9 Å². The predicted molar refractivity (Wildman–Crippen MR) is 126 cm³/mol. The van der Waals surface area contributed by atoms with Gasteiger partial charge < -0.3 is 9.47 Å². The van der Waals surface area contributed by atoms with E-state index in [0.29, 0.717) is 16.7 Å². The summed E-state index contributed by atoms with van der Waals surface area (Å²) in [6.07, 6.45) is 0. The molecule has 8 heteroatoms. The maximum Gasteiger partial charge on any atom is 0.266 e. The molecule has 0 N–H and O–H groups in total. The molecule has 6 nitrogen and oxygen atoms in total. The van der Waals surface area contributed by atoms with E-state index in [9.17, 15) is 4.79 Å². The summed E-state index contributed by atoms with van der Waals surface area (Å²) >= 11 is 7.78. The highest BCUT2D eigenvalue weighted by molar-refractivity contribution is 7.22. The van der Waals surface area contributed by atoms with Crippen molar-refractivity contribution in [2.75, 3.05) is 50.9 Å². The number of halogens is 1. The quantitative estimate of drug-likeness (QED) is 0.527. The summed E-state index contributed by atoms with van der Waals surface area (Å²) in [5.74, 6) is 0.607. The molecule has 1 fully saturated rings. The molecule has 3 aromatic rings. The van der Waals surface area contributed by atoms with Gasteiger partial charge in [-0.25, -0.2) is 4.98 Å². The lowest BCUT2D eigenvalue weighted by Gasteiger charge is -2.29. The molecule has 0 bridgehead atoms. The third-order valence-corrected chi connectivity index (χ3v) is 6.91. The minimum Gasteiger partial charge on any atom is -0.483 e. The molecule has 0 atom stereocenters. The van der Waals surface area contributed by atoms with Crippen LogP contribution in [0.4, 0.5) is 5.13 Å². The lowest BCUT2D eigenvalue weighted by Crippen LogP contribution is -2.44. The van der Waals surface area contributed by atoms with Gasteiger partial charge in [-0.05, 0) is 43.2 Å². The minimum absolute atomic E-state index is 0.0381. The first kappa shape index (κ1) is 22.0. The average Bonchev–Trinajstić information content (AvgIpc) is 3.21. The van der Waals surface area contributed by atoms with E-state index in [-0.39, 0.29) is 12.5 Å². The van der Waals surface area contributed by atoms with Crippen LogP contribution in [0.25, 0.3) is 10.2 Å². The van der Waals surface area contributed by atoms with Crippen LogP contribution in [-0.4, -0.2) is 61.8 Å². The fraction of sp³-hybridized carbons (Fsp3) is 0.391. The van der Waals surface area contributed by atoms with Gasteiger partial charge in [-0.2, -0.15) is 0 Å². The number of rotatable bonds is 7. The minimum atomic E-state index is -0.112. The number of benzene rings is 2. The second-order valence-corrected chi connectivity index (χ2v) is 8.99. The first-order chi connectivity index (χ1) is 15.0. The van der Waals surface area contributed by atoms with Crippen LogP contribution in [0, 0.1) is 13.8 Å². The number of amides is 1. The third-order valence-electron chi connectivity index (χ3n) is 5.46. The number of fused-ring (bicyclic) bond motifs is 1. The molecule has 2 aromatic carbocycles. The normalized spacial score (nSPS) is 14.7. The van der Waals surface area contributed by atoms with Gasteiger partial charge in [0, 0.05) is 31.2 Å². The smallest absolute Gasteiger partial charge is 0.266 e. The van der Waals surface area contributed by atoms with Crippen molar-refractivity contribution in [1.82, 2.24) is 9.88 Å². The van der Waals surface area contributed by atoms with Crippen molar-refractivity contribution >= 4 is 44.2 Å². The Morgan fingerprint density at radius 2 is 2.00 bits per heavy atom. The monoisotopic (exact) mass is 459 g/mol. The number of carbonyl (C=O) groups is 1. The largest absolute Gasteiger partial charge is 0.483 e. The summed E-state index contributed by atoms with van der Waals surface area (Å²) in [4.78, 5) is 22.0. The Morgan fingerprint density at radius 3 is 2.77 bits per heavy atom. The van der Waals surface area contributed by atoms with E-state index in [1.54, 1.807) is 4.90 Å². The van der Waals surface area contributed by atoms with Crippen molar-refractivity contribution in [3.05, 3.63) is 52.5 Å². The molecule has 2 heterocycles. The van der Waals surface area contributed by atoms with Crippen molar-refractivity contribution in [2.24, 2.45) is 0 Å². The summed E-state index contributed by atoms with van der Waals surface area (Å²) in [6, 6.07) is 11.5. The summed E-state index contributed by atoms with van der Waals surface area (Å²) in [7, 11) is 0. The molecule has 31 heavy (non-hydrogen) atoms. The van der Waals surface area contributed by atoms with Crippen LogP contribution >= 0.6 is 22.9 Å². The highest BCUT2D eigenvalue weighted by Crippen LogP contribution is 2.33. The molecule has 0 unspecified atom stereocenters. The number of nitrogens with zero attached hydrogens (tertiary/aromatic N) is 3. The van der Waals surface area contributed by atoms with Gasteiger partial charge in [-0.15, -0.1) is 0 Å². The van der Waals surface area contributed by atoms with Crippen molar-refractivity contribution in [3.8, 4) is 5.75 Å². The molecule has 1 saturated heterocycles. The fourth-order valence-electron chi connectivity index (χ4n) is 3.53. The summed E-state index contributed by atoms with van der Waals surface area (Å²) in [6.45, 7) is 8.38. The second-order valence-electron chi connectivity index (χ2n) is 7.57. The highest BCUT2D eigenvalue weighted by atomic mass is 35.5. The summed E-state index contributed by atoms with van der Waals surface area (Å²) < 4.78 is 12.3. The third kappa shape index (κ3) is 5.18. The molecule has 4 rings (SSSR count). The summed E-state index contributed by atoms with van der Waals surface area (Å²) in [5, 5.41) is 1.35. The van der Waals surface area contributed by atoms with Crippen molar-refractivity contribution in [2.45, 2.75) is 13.8 Å². The molecule has 0 radical (unpaired) electrons. The zero-order chi connectivity index (χ0) is 21.8. The number of thiazole rings is 1. The van der Waals surface area contributed by atoms with Gasteiger partial charge in [0.05, 0.1) is 23.4 Å². The van der Waals surface area contributed by atoms with E-state index in [1.807, 2.05) is 50.2 Å². The fourth-order valence-corrected chi connectivity index (χ4v) is 4.75. The van der Waals surface area contributed by atoms with Gasteiger partial charge in [0.25, 0.3) is 5.91 Å². The zero-order valence-corrected chi connectivity index (χ0v) is 19.3. The van der Waals surface area contributed by atoms with Crippen molar-refractivity contribution in [3.63, 3.8) is 0 Å². The maximum atomic E-state index is 13.2. The predicted octanol–water partition coefficient (Wildman–Crippen LogP) is 4.31. The molecule has 1 aliphatic rings. The lowest BCUT2D eigenvalue weighted by atomic mass is 10.2. The van der Waals surface area contributed by atoms with E-state index in [4.69, 9.17) is 26.1 Å². The van der Waals surface area contributed by atoms with Crippen LogP contribution < -0.4 is 9.64 Å². The second kappa shape index (κ2) is 9.96. The highest BCUT2D eigenvalue weighted by Gasteiger charge is 2.23. The number of anilines is 1. The molecule has 1 amide bonds. The van der Waals surface area contributed by atoms with E-state index < -0.39 is 0 Å². The molecular weight excluding hydrogens is 434 g/mol.